The fourth-order valence-corrected chi connectivity index (χ4v) is 1.51. The summed E-state index contributed by atoms with van der Waals surface area (Å²) < 4.78 is 0. The first-order chi connectivity index (χ1) is 5.26. The Hall–Kier alpha value is -0.110. The van der Waals surface area contributed by atoms with Crippen molar-refractivity contribution in [3.05, 3.63) is 0 Å². The molecule has 2 heteroatoms. The summed E-state index contributed by atoms with van der Waals surface area (Å²) in [6.07, 6.45) is 3.84. The van der Waals surface area contributed by atoms with Crippen molar-refractivity contribution in [3.8, 4) is 0 Å². The third-order valence-electron chi connectivity index (χ3n) is 2.04. The summed E-state index contributed by atoms with van der Waals surface area (Å²) in [7, 11) is 0. The minimum atomic E-state index is 0.623. The fraction of sp³-hybridized carbons (Fsp3) is 0.889. The van der Waals surface area contributed by atoms with E-state index in [0.29, 0.717) is 6.04 Å². The van der Waals surface area contributed by atoms with Crippen LogP contribution in [0.1, 0.15) is 40.0 Å². The van der Waals surface area contributed by atoms with Crippen molar-refractivity contribution in [2.75, 3.05) is 6.54 Å². The molecule has 0 amide bonds. The van der Waals surface area contributed by atoms with Gasteiger partial charge in [0.15, 0.2) is 0 Å². The molecule has 0 aromatic carbocycles. The van der Waals surface area contributed by atoms with Gasteiger partial charge in [-0.25, -0.2) is 0 Å². The molecule has 1 nitrogen and oxygen atoms in total. The van der Waals surface area contributed by atoms with Crippen LogP contribution in [0, 0.1) is 0 Å². The van der Waals surface area contributed by atoms with Crippen LogP contribution in [0.25, 0.3) is 0 Å². The molecule has 1 atom stereocenters. The minimum absolute atomic E-state index is 0.623. The van der Waals surface area contributed by atoms with E-state index in [1.54, 1.807) is 5.49 Å². The molecule has 0 bridgehead atoms. The first-order valence-corrected chi connectivity index (χ1v) is 4.94. The molecule has 11 heavy (non-hydrogen) atoms. The molecule has 0 aliphatic rings. The van der Waals surface area contributed by atoms with Crippen molar-refractivity contribution in [2.45, 2.75) is 46.1 Å². The highest BCUT2D eigenvalue weighted by Crippen LogP contribution is 2.05. The highest BCUT2D eigenvalue weighted by molar-refractivity contribution is 7.78. The highest BCUT2D eigenvalue weighted by Gasteiger charge is 2.05. The molecule has 0 spiro atoms. The molecule has 0 aromatic heterocycles. The predicted octanol–water partition coefficient (Wildman–Crippen LogP) is 2.84. The number of unbranched alkanes of at least 4 members (excludes halogenated alkanes) is 1. The van der Waals surface area contributed by atoms with Gasteiger partial charge < -0.3 is 4.90 Å². The Kier molecular flexibility index (Phi) is 6.52. The number of rotatable bonds is 6. The molecule has 1 unspecified atom stereocenters. The Morgan fingerprint density at radius 1 is 1.45 bits per heavy atom. The highest BCUT2D eigenvalue weighted by atomic mass is 32.1. The van der Waals surface area contributed by atoms with E-state index < -0.39 is 0 Å². The lowest BCUT2D eigenvalue weighted by Crippen LogP contribution is -2.30. The van der Waals surface area contributed by atoms with Crippen LogP contribution in [-0.2, 0) is 0 Å². The van der Waals surface area contributed by atoms with Crippen LogP contribution in [0.5, 0.6) is 0 Å². The van der Waals surface area contributed by atoms with E-state index in [-0.39, 0.29) is 0 Å². The van der Waals surface area contributed by atoms with Crippen LogP contribution in [0.4, 0.5) is 0 Å². The third-order valence-corrected chi connectivity index (χ3v) is 2.31. The normalized spacial score (nSPS) is 12.6. The van der Waals surface area contributed by atoms with E-state index in [1.165, 1.54) is 19.3 Å². The lowest BCUT2D eigenvalue weighted by atomic mass is 10.1. The average Bonchev–Trinajstić information content (AvgIpc) is 2.03. The average molecular weight is 173 g/mol. The van der Waals surface area contributed by atoms with E-state index in [9.17, 15) is 0 Å². The van der Waals surface area contributed by atoms with E-state index in [4.69, 9.17) is 12.2 Å². The van der Waals surface area contributed by atoms with Crippen LogP contribution in [0.2, 0.25) is 0 Å². The Morgan fingerprint density at radius 2 is 2.09 bits per heavy atom. The predicted molar refractivity (Wildman–Crippen MR) is 55.0 cm³/mol. The first-order valence-electron chi connectivity index (χ1n) is 4.47. The summed E-state index contributed by atoms with van der Waals surface area (Å²) in [4.78, 5) is 2.21. The molecule has 0 aliphatic carbocycles. The van der Waals surface area contributed by atoms with Crippen LogP contribution in [0.3, 0.4) is 0 Å². The zero-order valence-corrected chi connectivity index (χ0v) is 8.66. The maximum atomic E-state index is 4.90. The Labute approximate surface area is 75.8 Å². The van der Waals surface area contributed by atoms with Crippen LogP contribution < -0.4 is 0 Å². The second-order valence-electron chi connectivity index (χ2n) is 2.93. The second-order valence-corrected chi connectivity index (χ2v) is 3.14. The van der Waals surface area contributed by atoms with Gasteiger partial charge in [-0.1, -0.05) is 32.0 Å². The largest absolute Gasteiger partial charge is 0.366 e. The van der Waals surface area contributed by atoms with E-state index in [2.05, 4.69) is 25.7 Å². The third kappa shape index (κ3) is 4.35. The van der Waals surface area contributed by atoms with Crippen molar-refractivity contribution in [3.63, 3.8) is 0 Å². The molecular weight excluding hydrogens is 154 g/mol. The lowest BCUT2D eigenvalue weighted by Gasteiger charge is -2.24. The van der Waals surface area contributed by atoms with Crippen molar-refractivity contribution < 1.29 is 0 Å². The second kappa shape index (κ2) is 6.59. The topological polar surface area (TPSA) is 3.24 Å². The van der Waals surface area contributed by atoms with Crippen molar-refractivity contribution in [2.24, 2.45) is 0 Å². The number of thiocarbonyl (C=S) groups is 1. The quantitative estimate of drug-likeness (QED) is 0.568. The van der Waals surface area contributed by atoms with E-state index in [1.807, 2.05) is 0 Å². The van der Waals surface area contributed by atoms with Crippen molar-refractivity contribution >= 4 is 17.7 Å². The summed E-state index contributed by atoms with van der Waals surface area (Å²) >= 11 is 4.90. The minimum Gasteiger partial charge on any atom is -0.366 e. The van der Waals surface area contributed by atoms with Gasteiger partial charge in [0, 0.05) is 12.6 Å². The standard InChI is InChI=1S/C9H19NS/c1-4-6-7-9(3)10(5-2)8-11/h8-9H,4-7H2,1-3H3. The van der Waals surface area contributed by atoms with Crippen LogP contribution in [-0.4, -0.2) is 23.0 Å². The molecule has 0 aromatic rings. The van der Waals surface area contributed by atoms with Gasteiger partial charge >= 0.3 is 0 Å². The summed E-state index contributed by atoms with van der Waals surface area (Å²) in [6.45, 7) is 7.64. The molecule has 0 saturated carbocycles. The fourth-order valence-electron chi connectivity index (χ4n) is 1.16. The Balaban J connectivity index is 3.59. The monoisotopic (exact) mass is 173 g/mol. The van der Waals surface area contributed by atoms with E-state index >= 15 is 0 Å². The maximum Gasteiger partial charge on any atom is 0.0643 e. The number of hydrogen-bond donors (Lipinski definition) is 0. The lowest BCUT2D eigenvalue weighted by molar-refractivity contribution is 0.335. The van der Waals surface area contributed by atoms with Gasteiger partial charge in [0.25, 0.3) is 0 Å². The molecule has 66 valence electrons. The number of hydrogen-bond acceptors (Lipinski definition) is 1. The summed E-state index contributed by atoms with van der Waals surface area (Å²) in [5, 5.41) is 0. The molecule has 0 rings (SSSR count). The molecule has 0 heterocycles. The number of nitrogens with zero attached hydrogens (tertiary/aromatic N) is 1. The Morgan fingerprint density at radius 3 is 2.45 bits per heavy atom. The zero-order valence-electron chi connectivity index (χ0n) is 7.84. The van der Waals surface area contributed by atoms with E-state index in [0.717, 1.165) is 6.54 Å². The Bertz CT molecular complexity index is 104. The van der Waals surface area contributed by atoms with Crippen molar-refractivity contribution in [1.82, 2.24) is 4.90 Å². The molecule has 0 N–H and O–H groups in total. The van der Waals surface area contributed by atoms with Gasteiger partial charge in [-0.2, -0.15) is 0 Å². The molecule has 0 saturated heterocycles. The van der Waals surface area contributed by atoms with Gasteiger partial charge in [0.05, 0.1) is 5.49 Å². The molecule has 0 radical (unpaired) electrons. The molecular formula is C9H19NS. The van der Waals surface area contributed by atoms with Gasteiger partial charge in [-0.3, -0.25) is 0 Å². The first kappa shape index (κ1) is 10.9. The van der Waals surface area contributed by atoms with Gasteiger partial charge in [-0.05, 0) is 20.3 Å². The van der Waals surface area contributed by atoms with Gasteiger partial charge in [0.2, 0.25) is 0 Å². The van der Waals surface area contributed by atoms with Crippen molar-refractivity contribution in [1.29, 1.82) is 0 Å². The molecule has 0 aliphatic heterocycles. The zero-order chi connectivity index (χ0) is 8.69. The summed E-state index contributed by atoms with van der Waals surface area (Å²) in [5.41, 5.74) is 1.78. The summed E-state index contributed by atoms with van der Waals surface area (Å²) in [6, 6.07) is 0.623. The maximum absolute atomic E-state index is 4.90. The summed E-state index contributed by atoms with van der Waals surface area (Å²) in [5.74, 6) is 0. The smallest absolute Gasteiger partial charge is 0.0643 e. The van der Waals surface area contributed by atoms with Crippen LogP contribution >= 0.6 is 12.2 Å². The van der Waals surface area contributed by atoms with Crippen LogP contribution in [0.15, 0.2) is 0 Å². The molecule has 0 fully saturated rings. The van der Waals surface area contributed by atoms with Gasteiger partial charge in [-0.15, -0.1) is 0 Å². The van der Waals surface area contributed by atoms with Gasteiger partial charge in [0.1, 0.15) is 0 Å². The SMILES string of the molecule is CCCCC(C)N(C=S)CC.